The number of rotatable bonds is 6. The van der Waals surface area contributed by atoms with Crippen molar-refractivity contribution in [1.82, 2.24) is 0 Å². The van der Waals surface area contributed by atoms with Crippen molar-refractivity contribution in [1.29, 1.82) is 0 Å². The molecule has 65 heavy (non-hydrogen) atoms. The van der Waals surface area contributed by atoms with Gasteiger partial charge in [-0.15, -0.1) is 0 Å². The van der Waals surface area contributed by atoms with Gasteiger partial charge in [0.1, 0.15) is 11.2 Å². The quantitative estimate of drug-likeness (QED) is 0.155. The topological polar surface area (TPSA) is 16.4 Å². The maximum atomic E-state index is 6.98. The van der Waals surface area contributed by atoms with Crippen molar-refractivity contribution >= 4 is 71.3 Å². The van der Waals surface area contributed by atoms with Gasteiger partial charge in [-0.25, -0.2) is 0 Å². The summed E-state index contributed by atoms with van der Waals surface area (Å²) in [6.45, 7) is 4.71. The number of furan rings is 1. The number of anilines is 3. The smallest absolute Gasteiger partial charge is 0.143 e. The van der Waals surface area contributed by atoms with E-state index in [1.54, 1.807) is 0 Å². The Labute approximate surface area is 378 Å². The Balaban J connectivity index is 1.01. The van der Waals surface area contributed by atoms with Crippen molar-refractivity contribution < 1.29 is 4.42 Å². The van der Waals surface area contributed by atoms with Crippen molar-refractivity contribution in [3.63, 3.8) is 0 Å². The van der Waals surface area contributed by atoms with Gasteiger partial charge in [0.15, 0.2) is 0 Å². The third-order valence-electron chi connectivity index (χ3n) is 14.1. The van der Waals surface area contributed by atoms with Crippen LogP contribution in [-0.4, -0.2) is 0 Å². The lowest BCUT2D eigenvalue weighted by atomic mass is 9.82. The van der Waals surface area contributed by atoms with E-state index in [0.29, 0.717) is 0 Å². The summed E-state index contributed by atoms with van der Waals surface area (Å²) >= 11 is 0. The third kappa shape index (κ3) is 5.81. The number of hydrogen-bond donors (Lipinski definition) is 0. The Kier molecular flexibility index (Phi) is 8.29. The molecule has 0 saturated carbocycles. The zero-order valence-electron chi connectivity index (χ0n) is 36.2. The van der Waals surface area contributed by atoms with Crippen molar-refractivity contribution in [3.05, 3.63) is 236 Å². The highest BCUT2D eigenvalue weighted by molar-refractivity contribution is 6.30. The van der Waals surface area contributed by atoms with Crippen molar-refractivity contribution in [2.24, 2.45) is 0 Å². The zero-order chi connectivity index (χ0) is 43.2. The standard InChI is InChI=1S/C63H43NO/c1-63(2)58-26-13-12-22-51(58)52-36-35-46(37-59(52)63)64(44-31-27-41(28-32-44)40-15-4-3-5-16-40)45-33-29-43(30-34-45)55-38-57-60(39-56(55)48-25-14-18-42-17-6-7-19-47(42)48)65-62-54-24-11-9-21-50(54)49-20-8-10-23-53(49)61(57)62/h3-39H,1-2H3. The normalized spacial score (nSPS) is 12.9. The highest BCUT2D eigenvalue weighted by atomic mass is 16.3. The molecule has 306 valence electrons. The van der Waals surface area contributed by atoms with Crippen LogP contribution in [0, 0.1) is 0 Å². The van der Waals surface area contributed by atoms with Gasteiger partial charge in [-0.1, -0.05) is 190 Å². The largest absolute Gasteiger partial charge is 0.455 e. The van der Waals surface area contributed by atoms with Crippen LogP contribution in [0.2, 0.25) is 0 Å². The molecule has 0 amide bonds. The molecule has 0 radical (unpaired) electrons. The third-order valence-corrected chi connectivity index (χ3v) is 14.1. The first-order chi connectivity index (χ1) is 32.0. The summed E-state index contributed by atoms with van der Waals surface area (Å²) in [7, 11) is 0. The van der Waals surface area contributed by atoms with Gasteiger partial charge in [-0.2, -0.15) is 0 Å². The molecule has 11 aromatic carbocycles. The molecule has 0 fully saturated rings. The maximum Gasteiger partial charge on any atom is 0.143 e. The molecule has 1 aromatic heterocycles. The lowest BCUT2D eigenvalue weighted by Crippen LogP contribution is -2.16. The molecular weight excluding hydrogens is 787 g/mol. The molecule has 0 saturated heterocycles. The summed E-state index contributed by atoms with van der Waals surface area (Å²) < 4.78 is 6.98. The Bertz CT molecular complexity index is 3830. The number of benzene rings is 11. The first kappa shape index (κ1) is 37.4. The Morgan fingerprint density at radius 1 is 0.338 bits per heavy atom. The SMILES string of the molecule is CC1(C)c2ccccc2-c2ccc(N(c3ccc(-c4ccccc4)cc3)c3ccc(-c4cc5c(cc4-c4cccc6ccccc46)oc4c6ccccc6c6ccccc6c54)cc3)cc21. The minimum Gasteiger partial charge on any atom is -0.455 e. The Hall–Kier alpha value is -8.20. The zero-order valence-corrected chi connectivity index (χ0v) is 36.2. The summed E-state index contributed by atoms with van der Waals surface area (Å²) in [4.78, 5) is 2.41. The summed E-state index contributed by atoms with van der Waals surface area (Å²) in [5.74, 6) is 0. The molecule has 1 heterocycles. The lowest BCUT2D eigenvalue weighted by molar-refractivity contribution is 0.660. The molecule has 0 bridgehead atoms. The summed E-state index contributed by atoms with van der Waals surface area (Å²) in [5.41, 5.74) is 17.4. The van der Waals surface area contributed by atoms with E-state index >= 15 is 0 Å². The summed E-state index contributed by atoms with van der Waals surface area (Å²) in [6.07, 6.45) is 0. The first-order valence-electron chi connectivity index (χ1n) is 22.6. The van der Waals surface area contributed by atoms with Gasteiger partial charge in [-0.05, 0) is 131 Å². The van der Waals surface area contributed by atoms with E-state index in [1.807, 2.05) is 0 Å². The fourth-order valence-electron chi connectivity index (χ4n) is 10.9. The molecule has 0 unspecified atom stereocenters. The van der Waals surface area contributed by atoms with Crippen molar-refractivity contribution in [2.45, 2.75) is 19.3 Å². The van der Waals surface area contributed by atoms with Crippen LogP contribution >= 0.6 is 0 Å². The van der Waals surface area contributed by atoms with Crippen LogP contribution < -0.4 is 4.90 Å². The van der Waals surface area contributed by atoms with E-state index in [9.17, 15) is 0 Å². The van der Waals surface area contributed by atoms with Gasteiger partial charge >= 0.3 is 0 Å². The first-order valence-corrected chi connectivity index (χ1v) is 22.6. The van der Waals surface area contributed by atoms with Gasteiger partial charge in [-0.3, -0.25) is 0 Å². The van der Waals surface area contributed by atoms with Crippen LogP contribution in [0.3, 0.4) is 0 Å². The van der Waals surface area contributed by atoms with E-state index < -0.39 is 0 Å². The minimum absolute atomic E-state index is 0.125. The summed E-state index contributed by atoms with van der Waals surface area (Å²) in [5, 5.41) is 9.47. The molecule has 0 atom stereocenters. The van der Waals surface area contributed by atoms with Gasteiger partial charge < -0.3 is 9.32 Å². The van der Waals surface area contributed by atoms with Gasteiger partial charge in [0.2, 0.25) is 0 Å². The predicted molar refractivity (Wildman–Crippen MR) is 275 cm³/mol. The van der Waals surface area contributed by atoms with Crippen LogP contribution in [0.15, 0.2) is 229 Å². The second-order valence-electron chi connectivity index (χ2n) is 18.0. The molecule has 0 N–H and O–H groups in total. The molecule has 1 aliphatic carbocycles. The van der Waals surface area contributed by atoms with E-state index in [2.05, 4.69) is 243 Å². The summed E-state index contributed by atoms with van der Waals surface area (Å²) in [6, 6.07) is 82.1. The van der Waals surface area contributed by atoms with Gasteiger partial charge in [0.05, 0.1) is 0 Å². The molecule has 0 aliphatic heterocycles. The second kappa shape index (κ2) is 14.4. The van der Waals surface area contributed by atoms with E-state index in [-0.39, 0.29) is 5.41 Å². The molecule has 2 nitrogen and oxygen atoms in total. The average molecular weight is 830 g/mol. The number of hydrogen-bond acceptors (Lipinski definition) is 2. The van der Waals surface area contributed by atoms with Crippen LogP contribution in [0.1, 0.15) is 25.0 Å². The highest BCUT2D eigenvalue weighted by Gasteiger charge is 2.35. The predicted octanol–water partition coefficient (Wildman–Crippen LogP) is 17.8. The minimum atomic E-state index is -0.125. The van der Waals surface area contributed by atoms with Gasteiger partial charge in [0, 0.05) is 38.6 Å². The molecule has 2 heteroatoms. The van der Waals surface area contributed by atoms with Crippen molar-refractivity contribution in [2.75, 3.05) is 4.90 Å². The lowest BCUT2D eigenvalue weighted by Gasteiger charge is -2.28. The molecule has 12 aromatic rings. The number of nitrogens with zero attached hydrogens (tertiary/aromatic N) is 1. The molecular formula is C63H43NO. The molecule has 13 rings (SSSR count). The van der Waals surface area contributed by atoms with E-state index in [0.717, 1.165) is 61.1 Å². The molecule has 0 spiro atoms. The number of fused-ring (bicyclic) bond motifs is 12. The fourth-order valence-corrected chi connectivity index (χ4v) is 10.9. The van der Waals surface area contributed by atoms with Crippen LogP contribution in [-0.2, 0) is 5.41 Å². The maximum absolute atomic E-state index is 6.98. The fraction of sp³-hybridized carbons (Fsp3) is 0.0476. The van der Waals surface area contributed by atoms with Crippen molar-refractivity contribution in [3.8, 4) is 44.5 Å². The Morgan fingerprint density at radius 3 is 1.66 bits per heavy atom. The van der Waals surface area contributed by atoms with Crippen LogP contribution in [0.4, 0.5) is 17.1 Å². The average Bonchev–Trinajstić information content (AvgIpc) is 3.86. The van der Waals surface area contributed by atoms with Crippen LogP contribution in [0.25, 0.3) is 98.8 Å². The monoisotopic (exact) mass is 829 g/mol. The van der Waals surface area contributed by atoms with Crippen LogP contribution in [0.5, 0.6) is 0 Å². The Morgan fingerprint density at radius 2 is 0.892 bits per heavy atom. The van der Waals surface area contributed by atoms with Gasteiger partial charge in [0.25, 0.3) is 0 Å². The molecule has 1 aliphatic rings. The second-order valence-corrected chi connectivity index (χ2v) is 18.0. The van der Waals surface area contributed by atoms with E-state index in [1.165, 1.54) is 65.9 Å². The highest BCUT2D eigenvalue weighted by Crippen LogP contribution is 2.51. The van der Waals surface area contributed by atoms with E-state index in [4.69, 9.17) is 4.42 Å².